The maximum absolute atomic E-state index is 12.4. The number of carbonyl (C=O) groups excluding carboxylic acids is 2. The molecule has 0 saturated carbocycles. The second-order valence-electron chi connectivity index (χ2n) is 5.25. The van der Waals surface area contributed by atoms with Crippen LogP contribution in [0.5, 0.6) is 11.5 Å². The highest BCUT2D eigenvalue weighted by molar-refractivity contribution is 6.04. The summed E-state index contributed by atoms with van der Waals surface area (Å²) < 4.78 is 34.2. The highest BCUT2D eigenvalue weighted by Gasteiger charge is 2.13. The van der Waals surface area contributed by atoms with Gasteiger partial charge in [0, 0.05) is 17.3 Å². The lowest BCUT2D eigenvalue weighted by Crippen LogP contribution is -2.22. The van der Waals surface area contributed by atoms with E-state index in [1.165, 1.54) is 26.2 Å². The predicted octanol–water partition coefficient (Wildman–Crippen LogP) is 3.55. The molecule has 0 radical (unpaired) electrons. The van der Waals surface area contributed by atoms with Gasteiger partial charge < -0.3 is 20.1 Å². The van der Waals surface area contributed by atoms with Gasteiger partial charge in [0.05, 0.1) is 19.3 Å². The van der Waals surface area contributed by atoms with E-state index in [0.717, 1.165) is 0 Å². The summed E-state index contributed by atoms with van der Waals surface area (Å²) in [4.78, 5) is 23.6. The van der Waals surface area contributed by atoms with Crippen LogP contribution in [0.2, 0.25) is 0 Å². The Bertz CT molecular complexity index is 797. The van der Waals surface area contributed by atoms with Gasteiger partial charge in [-0.1, -0.05) is 12.1 Å². The molecule has 0 bridgehead atoms. The standard InChI is InChI=1S/C18H18F2N2O4/c1-11(23)13-5-3-4-6-14(13)22-17(24)10-21-12-7-8-15(25-2)16(9-12)26-18(19)20/h3-9,18,21H,10H2,1-2H3,(H,22,24). The number of hydrogen-bond acceptors (Lipinski definition) is 5. The summed E-state index contributed by atoms with van der Waals surface area (Å²) in [6.45, 7) is -1.72. The van der Waals surface area contributed by atoms with Crippen LogP contribution in [-0.4, -0.2) is 32.0 Å². The van der Waals surface area contributed by atoms with E-state index in [2.05, 4.69) is 15.4 Å². The Morgan fingerprint density at radius 1 is 1.12 bits per heavy atom. The van der Waals surface area contributed by atoms with Crippen molar-refractivity contribution < 1.29 is 27.8 Å². The molecule has 0 aliphatic carbocycles. The van der Waals surface area contributed by atoms with Gasteiger partial charge in [-0.3, -0.25) is 9.59 Å². The van der Waals surface area contributed by atoms with Gasteiger partial charge in [-0.05, 0) is 31.2 Å². The Hall–Kier alpha value is -3.16. The number of alkyl halides is 2. The van der Waals surface area contributed by atoms with Crippen LogP contribution >= 0.6 is 0 Å². The van der Waals surface area contributed by atoms with Crippen molar-refractivity contribution in [1.82, 2.24) is 0 Å². The molecule has 0 saturated heterocycles. The van der Waals surface area contributed by atoms with E-state index in [1.54, 1.807) is 30.3 Å². The van der Waals surface area contributed by atoms with Crippen LogP contribution < -0.4 is 20.1 Å². The van der Waals surface area contributed by atoms with Crippen molar-refractivity contribution in [1.29, 1.82) is 0 Å². The van der Waals surface area contributed by atoms with Crippen molar-refractivity contribution in [2.45, 2.75) is 13.5 Å². The van der Waals surface area contributed by atoms with Crippen LogP contribution in [0.1, 0.15) is 17.3 Å². The molecule has 2 rings (SSSR count). The maximum atomic E-state index is 12.4. The van der Waals surface area contributed by atoms with Gasteiger partial charge in [-0.25, -0.2) is 0 Å². The van der Waals surface area contributed by atoms with E-state index >= 15 is 0 Å². The number of para-hydroxylation sites is 1. The third-order valence-corrected chi connectivity index (χ3v) is 3.41. The van der Waals surface area contributed by atoms with E-state index < -0.39 is 12.5 Å². The number of rotatable bonds is 8. The van der Waals surface area contributed by atoms with E-state index in [4.69, 9.17) is 4.74 Å². The zero-order chi connectivity index (χ0) is 19.1. The van der Waals surface area contributed by atoms with Gasteiger partial charge in [0.25, 0.3) is 0 Å². The van der Waals surface area contributed by atoms with Crippen LogP contribution in [0.15, 0.2) is 42.5 Å². The largest absolute Gasteiger partial charge is 0.493 e. The lowest BCUT2D eigenvalue weighted by Gasteiger charge is -2.13. The van der Waals surface area contributed by atoms with Crippen molar-refractivity contribution in [2.24, 2.45) is 0 Å². The molecular weight excluding hydrogens is 346 g/mol. The number of ketones is 1. The Morgan fingerprint density at radius 2 is 1.85 bits per heavy atom. The number of hydrogen-bond donors (Lipinski definition) is 2. The molecular formula is C18H18F2N2O4. The van der Waals surface area contributed by atoms with E-state index in [-0.39, 0.29) is 23.8 Å². The summed E-state index contributed by atoms with van der Waals surface area (Å²) in [5, 5.41) is 5.43. The number of nitrogens with one attached hydrogen (secondary N) is 2. The smallest absolute Gasteiger partial charge is 0.387 e. The number of carbonyl (C=O) groups is 2. The molecule has 2 aromatic rings. The lowest BCUT2D eigenvalue weighted by molar-refractivity contribution is -0.114. The Morgan fingerprint density at radius 3 is 2.50 bits per heavy atom. The molecule has 6 nitrogen and oxygen atoms in total. The quantitative estimate of drug-likeness (QED) is 0.701. The molecule has 26 heavy (non-hydrogen) atoms. The van der Waals surface area contributed by atoms with Gasteiger partial charge in [0.1, 0.15) is 0 Å². The minimum Gasteiger partial charge on any atom is -0.493 e. The summed E-state index contributed by atoms with van der Waals surface area (Å²) in [6.07, 6.45) is 0. The molecule has 0 spiro atoms. The highest BCUT2D eigenvalue weighted by atomic mass is 19.3. The monoisotopic (exact) mass is 364 g/mol. The third-order valence-electron chi connectivity index (χ3n) is 3.41. The lowest BCUT2D eigenvalue weighted by atomic mass is 10.1. The first-order chi connectivity index (χ1) is 12.4. The fraction of sp³-hybridized carbons (Fsp3) is 0.222. The van der Waals surface area contributed by atoms with Crippen LogP contribution in [0.25, 0.3) is 0 Å². The van der Waals surface area contributed by atoms with E-state index in [1.807, 2.05) is 0 Å². The number of ether oxygens (including phenoxy) is 2. The first-order valence-corrected chi connectivity index (χ1v) is 7.67. The van der Waals surface area contributed by atoms with Crippen molar-refractivity contribution in [3.8, 4) is 11.5 Å². The van der Waals surface area contributed by atoms with Crippen LogP contribution in [0.3, 0.4) is 0 Å². The van der Waals surface area contributed by atoms with Crippen LogP contribution in [-0.2, 0) is 4.79 Å². The summed E-state index contributed by atoms with van der Waals surface area (Å²) in [6, 6.07) is 11.0. The second-order valence-corrected chi connectivity index (χ2v) is 5.25. The normalized spacial score (nSPS) is 10.3. The fourth-order valence-electron chi connectivity index (χ4n) is 2.25. The summed E-state index contributed by atoms with van der Waals surface area (Å²) in [7, 11) is 1.33. The zero-order valence-electron chi connectivity index (χ0n) is 14.2. The van der Waals surface area contributed by atoms with Crippen LogP contribution in [0.4, 0.5) is 20.2 Å². The molecule has 8 heteroatoms. The number of amides is 1. The molecule has 0 aliphatic heterocycles. The average molecular weight is 364 g/mol. The molecule has 0 atom stereocenters. The number of benzene rings is 2. The minimum absolute atomic E-state index is 0.132. The van der Waals surface area contributed by atoms with Gasteiger partial charge in [-0.2, -0.15) is 8.78 Å². The SMILES string of the molecule is COc1ccc(NCC(=O)Nc2ccccc2C(C)=O)cc1OC(F)F. The average Bonchev–Trinajstić information content (AvgIpc) is 2.60. The minimum atomic E-state index is -2.99. The second kappa shape index (κ2) is 8.80. The van der Waals surface area contributed by atoms with Gasteiger partial charge in [0.15, 0.2) is 17.3 Å². The topological polar surface area (TPSA) is 76.7 Å². The molecule has 0 unspecified atom stereocenters. The number of anilines is 2. The zero-order valence-corrected chi connectivity index (χ0v) is 14.2. The first kappa shape index (κ1) is 19.2. The molecule has 0 fully saturated rings. The van der Waals surface area contributed by atoms with Crippen molar-refractivity contribution in [3.63, 3.8) is 0 Å². The predicted molar refractivity (Wildman–Crippen MR) is 93.2 cm³/mol. The molecule has 1 amide bonds. The Kier molecular flexibility index (Phi) is 6.48. The molecule has 2 N–H and O–H groups in total. The number of Topliss-reactive ketones (excluding diaryl/α,β-unsaturated/α-hetero) is 1. The third kappa shape index (κ3) is 5.17. The van der Waals surface area contributed by atoms with Gasteiger partial charge in [-0.15, -0.1) is 0 Å². The van der Waals surface area contributed by atoms with E-state index in [9.17, 15) is 18.4 Å². The van der Waals surface area contributed by atoms with Crippen molar-refractivity contribution in [3.05, 3.63) is 48.0 Å². The van der Waals surface area contributed by atoms with Crippen molar-refractivity contribution in [2.75, 3.05) is 24.3 Å². The van der Waals surface area contributed by atoms with Crippen molar-refractivity contribution >= 4 is 23.1 Å². The summed E-state index contributed by atoms with van der Waals surface area (Å²) >= 11 is 0. The molecule has 0 aromatic heterocycles. The Balaban J connectivity index is 2.02. The fourth-order valence-corrected chi connectivity index (χ4v) is 2.25. The Labute approximate surface area is 149 Å². The van der Waals surface area contributed by atoms with E-state index in [0.29, 0.717) is 16.9 Å². The molecule has 138 valence electrons. The number of methoxy groups -OCH3 is 1. The number of halogens is 2. The van der Waals surface area contributed by atoms with Gasteiger partial charge in [0.2, 0.25) is 5.91 Å². The molecule has 0 heterocycles. The first-order valence-electron chi connectivity index (χ1n) is 7.67. The molecule has 0 aliphatic rings. The summed E-state index contributed by atoms with van der Waals surface area (Å²) in [5.74, 6) is -0.561. The van der Waals surface area contributed by atoms with Crippen LogP contribution in [0, 0.1) is 0 Å². The van der Waals surface area contributed by atoms with Gasteiger partial charge >= 0.3 is 6.61 Å². The highest BCUT2D eigenvalue weighted by Crippen LogP contribution is 2.31. The summed E-state index contributed by atoms with van der Waals surface area (Å²) in [5.41, 5.74) is 1.21. The molecule has 2 aromatic carbocycles. The maximum Gasteiger partial charge on any atom is 0.387 e.